The molecule has 2 aromatic rings. The Bertz CT molecular complexity index is 1020. The summed E-state index contributed by atoms with van der Waals surface area (Å²) in [4.78, 5) is 13.1. The summed E-state index contributed by atoms with van der Waals surface area (Å²) >= 11 is 0. The summed E-state index contributed by atoms with van der Waals surface area (Å²) in [5.74, 6) is 0.850. The van der Waals surface area contributed by atoms with Crippen LogP contribution < -0.4 is 28.6 Å². The molecule has 0 radical (unpaired) electrons. The summed E-state index contributed by atoms with van der Waals surface area (Å²) in [5, 5.41) is 2.75. The van der Waals surface area contributed by atoms with Gasteiger partial charge in [0.15, 0.2) is 11.5 Å². The van der Waals surface area contributed by atoms with Crippen molar-refractivity contribution in [3.05, 3.63) is 35.9 Å². The molecular formula is C20H26N2O7S. The molecule has 0 aliphatic rings. The predicted molar refractivity (Wildman–Crippen MR) is 115 cm³/mol. The number of amides is 1. The van der Waals surface area contributed by atoms with Crippen LogP contribution in [0.25, 0.3) is 0 Å². The van der Waals surface area contributed by atoms with E-state index in [9.17, 15) is 13.2 Å². The van der Waals surface area contributed by atoms with Gasteiger partial charge in [-0.05, 0) is 25.1 Å². The van der Waals surface area contributed by atoms with Gasteiger partial charge in [-0.1, -0.05) is 0 Å². The Balaban J connectivity index is 2.57. The van der Waals surface area contributed by atoms with Gasteiger partial charge in [0.1, 0.15) is 11.5 Å². The highest BCUT2D eigenvalue weighted by Gasteiger charge is 2.25. The van der Waals surface area contributed by atoms with E-state index in [1.807, 2.05) is 0 Å². The summed E-state index contributed by atoms with van der Waals surface area (Å²) in [6, 6.07) is 7.80. The second-order valence-corrected chi connectivity index (χ2v) is 8.40. The number of benzene rings is 2. The summed E-state index contributed by atoms with van der Waals surface area (Å²) in [7, 11) is 3.59. The van der Waals surface area contributed by atoms with Crippen molar-refractivity contribution in [3.8, 4) is 23.0 Å². The normalized spacial score (nSPS) is 10.9. The lowest BCUT2D eigenvalue weighted by atomic mass is 10.1. The molecule has 10 heteroatoms. The molecule has 0 saturated heterocycles. The van der Waals surface area contributed by atoms with E-state index in [4.69, 9.17) is 18.9 Å². The molecule has 0 bridgehead atoms. The Kier molecular flexibility index (Phi) is 7.38. The Morgan fingerprint density at radius 1 is 0.933 bits per heavy atom. The van der Waals surface area contributed by atoms with Crippen LogP contribution >= 0.6 is 0 Å². The van der Waals surface area contributed by atoms with Crippen molar-refractivity contribution in [3.63, 3.8) is 0 Å². The maximum Gasteiger partial charge on any atom is 0.258 e. The summed E-state index contributed by atoms with van der Waals surface area (Å²) in [5.41, 5.74) is 0.634. The first-order valence-electron chi connectivity index (χ1n) is 8.98. The highest BCUT2D eigenvalue weighted by molar-refractivity contribution is 7.92. The fourth-order valence-corrected chi connectivity index (χ4v) is 3.58. The first-order chi connectivity index (χ1) is 14.2. The maximum atomic E-state index is 13.1. The van der Waals surface area contributed by atoms with Crippen molar-refractivity contribution >= 4 is 27.3 Å². The average molecular weight is 439 g/mol. The number of hydrogen-bond donors (Lipinski definition) is 1. The van der Waals surface area contributed by atoms with Crippen LogP contribution in [0.2, 0.25) is 0 Å². The predicted octanol–water partition coefficient (Wildman–Crippen LogP) is 2.76. The summed E-state index contributed by atoms with van der Waals surface area (Å²) in [6.45, 7) is 1.52. The van der Waals surface area contributed by atoms with E-state index < -0.39 is 15.9 Å². The first-order valence-corrected chi connectivity index (χ1v) is 10.6. The van der Waals surface area contributed by atoms with Crippen LogP contribution in [0, 0.1) is 0 Å². The van der Waals surface area contributed by atoms with Crippen LogP contribution in [0.5, 0.6) is 23.0 Å². The average Bonchev–Trinajstić information content (AvgIpc) is 2.77. The smallest absolute Gasteiger partial charge is 0.258 e. The number of sulfonamides is 1. The van der Waals surface area contributed by atoms with Crippen LogP contribution in [-0.4, -0.2) is 55.6 Å². The van der Waals surface area contributed by atoms with E-state index in [0.717, 1.165) is 4.31 Å². The Morgan fingerprint density at radius 3 is 2.07 bits per heavy atom. The number of anilines is 2. The zero-order valence-corrected chi connectivity index (χ0v) is 18.6. The van der Waals surface area contributed by atoms with Crippen LogP contribution in [0.1, 0.15) is 17.3 Å². The van der Waals surface area contributed by atoms with Gasteiger partial charge in [-0.25, -0.2) is 8.42 Å². The molecule has 0 atom stereocenters. The fraction of sp³-hybridized carbons (Fsp3) is 0.350. The number of carbonyl (C=O) groups is 1. The van der Waals surface area contributed by atoms with E-state index in [1.165, 1.54) is 54.5 Å². The molecule has 1 amide bonds. The quantitative estimate of drug-likeness (QED) is 0.642. The van der Waals surface area contributed by atoms with Gasteiger partial charge in [-0.2, -0.15) is 0 Å². The lowest BCUT2D eigenvalue weighted by molar-refractivity contribution is 0.102. The van der Waals surface area contributed by atoms with E-state index in [1.54, 1.807) is 18.2 Å². The largest absolute Gasteiger partial charge is 0.497 e. The zero-order chi connectivity index (χ0) is 22.5. The van der Waals surface area contributed by atoms with Gasteiger partial charge < -0.3 is 24.3 Å². The Hall–Kier alpha value is -3.14. The Morgan fingerprint density at radius 2 is 1.53 bits per heavy atom. The first kappa shape index (κ1) is 23.1. The van der Waals surface area contributed by atoms with Crippen LogP contribution in [-0.2, 0) is 10.0 Å². The van der Waals surface area contributed by atoms with E-state index in [2.05, 4.69) is 5.32 Å². The molecule has 2 aromatic carbocycles. The highest BCUT2D eigenvalue weighted by Crippen LogP contribution is 2.37. The summed E-state index contributed by atoms with van der Waals surface area (Å²) < 4.78 is 47.0. The number of carbonyl (C=O) groups excluding carboxylic acids is 1. The number of hydrogen-bond acceptors (Lipinski definition) is 7. The molecule has 9 nitrogen and oxygen atoms in total. The number of rotatable bonds is 9. The molecule has 0 saturated carbocycles. The van der Waals surface area contributed by atoms with Crippen molar-refractivity contribution in [2.24, 2.45) is 0 Å². The molecule has 0 fully saturated rings. The third-order valence-electron chi connectivity index (χ3n) is 4.52. The maximum absolute atomic E-state index is 13.1. The molecule has 0 aliphatic heterocycles. The third-order valence-corrected chi connectivity index (χ3v) is 6.29. The topological polar surface area (TPSA) is 103 Å². The SMILES string of the molecule is CCS(=O)(=O)N(C)c1cc(OC)c(OC)cc1C(=O)Nc1ccc(OC)cc1OC. The van der Waals surface area contributed by atoms with Crippen molar-refractivity contribution in [2.75, 3.05) is 50.9 Å². The van der Waals surface area contributed by atoms with Crippen molar-refractivity contribution in [1.29, 1.82) is 0 Å². The van der Waals surface area contributed by atoms with Crippen molar-refractivity contribution in [2.45, 2.75) is 6.92 Å². The number of nitrogens with zero attached hydrogens (tertiary/aromatic N) is 1. The van der Waals surface area contributed by atoms with Crippen LogP contribution in [0.4, 0.5) is 11.4 Å². The molecule has 2 rings (SSSR count). The molecule has 30 heavy (non-hydrogen) atoms. The minimum atomic E-state index is -3.63. The highest BCUT2D eigenvalue weighted by atomic mass is 32.2. The Labute approximate surface area is 176 Å². The van der Waals surface area contributed by atoms with Crippen LogP contribution in [0.3, 0.4) is 0 Å². The monoisotopic (exact) mass is 438 g/mol. The number of ether oxygens (including phenoxy) is 4. The van der Waals surface area contributed by atoms with Gasteiger partial charge in [-0.15, -0.1) is 0 Å². The molecular weight excluding hydrogens is 412 g/mol. The molecule has 0 aromatic heterocycles. The summed E-state index contributed by atoms with van der Waals surface area (Å²) in [6.07, 6.45) is 0. The van der Waals surface area contributed by atoms with E-state index >= 15 is 0 Å². The van der Waals surface area contributed by atoms with Gasteiger partial charge >= 0.3 is 0 Å². The molecule has 0 spiro atoms. The lowest BCUT2D eigenvalue weighted by Gasteiger charge is -2.23. The van der Waals surface area contributed by atoms with Gasteiger partial charge in [0.25, 0.3) is 5.91 Å². The standard InChI is InChI=1S/C20H26N2O7S/c1-7-30(24,25)22(2)16-12-19(29-6)18(28-5)11-14(16)20(23)21-15-9-8-13(26-3)10-17(15)27-4/h8-12H,7H2,1-6H3,(H,21,23). The van der Waals surface area contributed by atoms with Gasteiger partial charge in [-0.3, -0.25) is 9.10 Å². The molecule has 0 unspecified atom stereocenters. The molecule has 0 aliphatic carbocycles. The molecule has 0 heterocycles. The number of methoxy groups -OCH3 is 4. The fourth-order valence-electron chi connectivity index (χ4n) is 2.75. The van der Waals surface area contributed by atoms with Crippen molar-refractivity contribution < 1.29 is 32.2 Å². The minimum Gasteiger partial charge on any atom is -0.497 e. The second kappa shape index (κ2) is 9.57. The van der Waals surface area contributed by atoms with E-state index in [-0.39, 0.29) is 22.8 Å². The lowest BCUT2D eigenvalue weighted by Crippen LogP contribution is -2.30. The van der Waals surface area contributed by atoms with Gasteiger partial charge in [0.2, 0.25) is 10.0 Å². The minimum absolute atomic E-state index is 0.0880. The van der Waals surface area contributed by atoms with Crippen molar-refractivity contribution in [1.82, 2.24) is 0 Å². The molecule has 164 valence electrons. The zero-order valence-electron chi connectivity index (χ0n) is 17.8. The molecule has 1 N–H and O–H groups in total. The second-order valence-electron chi connectivity index (χ2n) is 6.11. The third kappa shape index (κ3) is 4.70. The number of nitrogens with one attached hydrogen (secondary N) is 1. The van der Waals surface area contributed by atoms with Crippen LogP contribution in [0.15, 0.2) is 30.3 Å². The van der Waals surface area contributed by atoms with E-state index in [0.29, 0.717) is 22.9 Å². The van der Waals surface area contributed by atoms with Gasteiger partial charge in [0, 0.05) is 19.2 Å². The van der Waals surface area contributed by atoms with Gasteiger partial charge in [0.05, 0.1) is 51.1 Å².